The van der Waals surface area contributed by atoms with Gasteiger partial charge in [0.15, 0.2) is 11.2 Å². The highest BCUT2D eigenvalue weighted by molar-refractivity contribution is 6.08. The number of hydrogen-bond donors (Lipinski definition) is 0. The predicted octanol–water partition coefficient (Wildman–Crippen LogP) is 8.61. The average molecular weight is 571 g/mol. The molecule has 0 aliphatic rings. The highest BCUT2D eigenvalue weighted by Gasteiger charge is 2.22. The molecule has 0 N–H and O–H groups in total. The first kappa shape index (κ1) is 24.5. The van der Waals surface area contributed by atoms with Crippen LogP contribution in [0.1, 0.15) is 0 Å². The van der Waals surface area contributed by atoms with Crippen LogP contribution in [0, 0.1) is 0 Å². The number of aromatic nitrogens is 2. The van der Waals surface area contributed by atoms with E-state index in [1.807, 2.05) is 127 Å². The third-order valence-corrected chi connectivity index (χ3v) is 8.41. The molecular formula is C38H22N2O4. The minimum atomic E-state index is -0.518. The number of fused-ring (bicyclic) bond motifs is 7. The normalized spacial score (nSPS) is 11.8. The fourth-order valence-corrected chi connectivity index (χ4v) is 6.38. The van der Waals surface area contributed by atoms with Crippen LogP contribution in [0.2, 0.25) is 0 Å². The molecule has 0 saturated heterocycles. The van der Waals surface area contributed by atoms with Gasteiger partial charge in [-0.05, 0) is 47.5 Å². The van der Waals surface area contributed by atoms with Crippen molar-refractivity contribution in [1.29, 1.82) is 0 Å². The van der Waals surface area contributed by atoms with Crippen molar-refractivity contribution in [2.24, 2.45) is 0 Å². The molecule has 0 saturated carbocycles. The molecule has 9 rings (SSSR count). The number of benzene rings is 6. The third kappa shape index (κ3) is 3.42. The van der Waals surface area contributed by atoms with E-state index in [2.05, 4.69) is 0 Å². The summed E-state index contributed by atoms with van der Waals surface area (Å²) in [6, 6.07) is 42.3. The summed E-state index contributed by atoms with van der Waals surface area (Å²) < 4.78 is 15.4. The van der Waals surface area contributed by atoms with Gasteiger partial charge in [-0.2, -0.15) is 0 Å². The minimum Gasteiger partial charge on any atom is -0.454 e. The van der Waals surface area contributed by atoms with Gasteiger partial charge in [0, 0.05) is 21.5 Å². The fraction of sp³-hybridized carbons (Fsp3) is 0. The summed E-state index contributed by atoms with van der Waals surface area (Å²) in [7, 11) is 0. The van der Waals surface area contributed by atoms with Gasteiger partial charge in [0.25, 0.3) is 5.56 Å². The van der Waals surface area contributed by atoms with Gasteiger partial charge in [-0.25, -0.2) is 9.36 Å². The van der Waals surface area contributed by atoms with Gasteiger partial charge in [-0.3, -0.25) is 9.36 Å². The molecule has 44 heavy (non-hydrogen) atoms. The van der Waals surface area contributed by atoms with E-state index < -0.39 is 11.2 Å². The summed E-state index contributed by atoms with van der Waals surface area (Å²) in [5.41, 5.74) is 4.75. The Kier molecular flexibility index (Phi) is 5.10. The summed E-state index contributed by atoms with van der Waals surface area (Å²) in [6.07, 6.45) is 0. The first-order chi connectivity index (χ1) is 21.7. The van der Waals surface area contributed by atoms with E-state index in [0.29, 0.717) is 39.0 Å². The fourth-order valence-electron chi connectivity index (χ4n) is 6.38. The summed E-state index contributed by atoms with van der Waals surface area (Å²) in [5, 5.41) is 3.97. The number of furan rings is 2. The molecular weight excluding hydrogens is 548 g/mol. The van der Waals surface area contributed by atoms with Crippen molar-refractivity contribution >= 4 is 54.8 Å². The molecule has 208 valence electrons. The zero-order valence-electron chi connectivity index (χ0n) is 23.2. The van der Waals surface area contributed by atoms with Crippen molar-refractivity contribution in [3.63, 3.8) is 0 Å². The smallest absolute Gasteiger partial charge is 0.341 e. The lowest BCUT2D eigenvalue weighted by atomic mass is 10.0. The van der Waals surface area contributed by atoms with Gasteiger partial charge in [0.2, 0.25) is 0 Å². The van der Waals surface area contributed by atoms with Crippen LogP contribution in [0.15, 0.2) is 152 Å². The van der Waals surface area contributed by atoms with Crippen LogP contribution in [-0.2, 0) is 0 Å². The SMILES string of the molecule is O=c1c2cc(-c3ccccc3)ccc2n(-c2cccc3c2oc2ccccc23)c(=O)n1-c1cccc2c1oc1ccccc12. The molecule has 0 aliphatic carbocycles. The van der Waals surface area contributed by atoms with Gasteiger partial charge in [0.1, 0.15) is 11.2 Å². The van der Waals surface area contributed by atoms with Gasteiger partial charge in [-0.15, -0.1) is 0 Å². The van der Waals surface area contributed by atoms with E-state index in [9.17, 15) is 9.59 Å². The van der Waals surface area contributed by atoms with Crippen LogP contribution in [0.3, 0.4) is 0 Å². The molecule has 0 radical (unpaired) electrons. The van der Waals surface area contributed by atoms with Crippen LogP contribution in [-0.4, -0.2) is 9.13 Å². The van der Waals surface area contributed by atoms with E-state index in [4.69, 9.17) is 8.83 Å². The van der Waals surface area contributed by atoms with Gasteiger partial charge >= 0.3 is 5.69 Å². The van der Waals surface area contributed by atoms with Crippen LogP contribution in [0.25, 0.3) is 77.3 Å². The van der Waals surface area contributed by atoms with Gasteiger partial charge in [-0.1, -0.05) is 97.1 Å². The second-order valence-corrected chi connectivity index (χ2v) is 10.9. The summed E-state index contributed by atoms with van der Waals surface area (Å²) in [6.45, 7) is 0. The van der Waals surface area contributed by atoms with Crippen LogP contribution >= 0.6 is 0 Å². The third-order valence-electron chi connectivity index (χ3n) is 8.41. The zero-order valence-corrected chi connectivity index (χ0v) is 23.2. The van der Waals surface area contributed by atoms with E-state index >= 15 is 0 Å². The maximum absolute atomic E-state index is 14.7. The Labute approximate surface area is 249 Å². The zero-order chi connectivity index (χ0) is 29.4. The molecule has 0 fully saturated rings. The Morgan fingerprint density at radius 1 is 0.432 bits per heavy atom. The molecule has 0 bridgehead atoms. The number of nitrogens with zero attached hydrogens (tertiary/aromatic N) is 2. The lowest BCUT2D eigenvalue weighted by Crippen LogP contribution is -2.38. The lowest BCUT2D eigenvalue weighted by Gasteiger charge is -2.16. The van der Waals surface area contributed by atoms with Crippen molar-refractivity contribution in [3.05, 3.63) is 154 Å². The minimum absolute atomic E-state index is 0.381. The maximum atomic E-state index is 14.7. The molecule has 0 aliphatic heterocycles. The second kappa shape index (κ2) is 9.18. The molecule has 6 heteroatoms. The molecule has 3 aromatic heterocycles. The van der Waals surface area contributed by atoms with Crippen molar-refractivity contribution in [3.8, 4) is 22.5 Å². The monoisotopic (exact) mass is 570 g/mol. The number of rotatable bonds is 3. The Hall–Kier alpha value is -6.14. The topological polar surface area (TPSA) is 70.3 Å². The maximum Gasteiger partial charge on any atom is 0.341 e. The molecule has 3 heterocycles. The van der Waals surface area contributed by atoms with E-state index in [1.54, 1.807) is 10.6 Å². The van der Waals surface area contributed by atoms with Gasteiger partial charge in [0.05, 0.1) is 22.3 Å². The Morgan fingerprint density at radius 2 is 0.977 bits per heavy atom. The first-order valence-corrected chi connectivity index (χ1v) is 14.4. The Bertz CT molecular complexity index is 2710. The van der Waals surface area contributed by atoms with Crippen molar-refractivity contribution in [2.45, 2.75) is 0 Å². The summed E-state index contributed by atoms with van der Waals surface area (Å²) in [5.74, 6) is 0. The molecule has 9 aromatic rings. The Balaban J connectivity index is 1.44. The number of hydrogen-bond acceptors (Lipinski definition) is 4. The lowest BCUT2D eigenvalue weighted by molar-refractivity contribution is 0.659. The van der Waals surface area contributed by atoms with E-state index in [1.165, 1.54) is 4.57 Å². The summed E-state index contributed by atoms with van der Waals surface area (Å²) in [4.78, 5) is 29.2. The van der Waals surface area contributed by atoms with Crippen molar-refractivity contribution < 1.29 is 8.83 Å². The average Bonchev–Trinajstić information content (AvgIpc) is 3.65. The first-order valence-electron chi connectivity index (χ1n) is 14.4. The van der Waals surface area contributed by atoms with E-state index in [0.717, 1.165) is 38.3 Å². The largest absolute Gasteiger partial charge is 0.454 e. The second-order valence-electron chi connectivity index (χ2n) is 10.9. The Morgan fingerprint density at radius 3 is 1.61 bits per heavy atom. The molecule has 0 spiro atoms. The quantitative estimate of drug-likeness (QED) is 0.213. The highest BCUT2D eigenvalue weighted by Crippen LogP contribution is 2.35. The van der Waals surface area contributed by atoms with E-state index in [-0.39, 0.29) is 0 Å². The standard InChI is InChI=1S/C38H22N2O4/c41-37-29-22-24(23-10-2-1-3-11-23)20-21-30(29)39(31-16-8-14-27-25-12-4-6-18-33(25)43-35(27)31)38(42)40(37)32-17-9-15-28-26-13-5-7-19-34(26)44-36(28)32/h1-22H. The molecule has 0 amide bonds. The van der Waals surface area contributed by atoms with Crippen LogP contribution < -0.4 is 11.2 Å². The van der Waals surface area contributed by atoms with Crippen LogP contribution in [0.4, 0.5) is 0 Å². The predicted molar refractivity (Wildman–Crippen MR) is 175 cm³/mol. The van der Waals surface area contributed by atoms with Crippen molar-refractivity contribution in [1.82, 2.24) is 9.13 Å². The van der Waals surface area contributed by atoms with Crippen LogP contribution in [0.5, 0.6) is 0 Å². The van der Waals surface area contributed by atoms with Gasteiger partial charge < -0.3 is 8.83 Å². The molecule has 6 aromatic carbocycles. The highest BCUT2D eigenvalue weighted by atomic mass is 16.3. The molecule has 0 unspecified atom stereocenters. The molecule has 6 nitrogen and oxygen atoms in total. The van der Waals surface area contributed by atoms with Crippen molar-refractivity contribution in [2.75, 3.05) is 0 Å². The summed E-state index contributed by atoms with van der Waals surface area (Å²) >= 11 is 0. The molecule has 0 atom stereocenters. The number of para-hydroxylation sites is 4.